The van der Waals surface area contributed by atoms with E-state index in [9.17, 15) is 14.9 Å². The molecule has 0 aliphatic rings. The summed E-state index contributed by atoms with van der Waals surface area (Å²) in [6.45, 7) is 0.919. The maximum atomic E-state index is 11.8. The third-order valence-corrected chi connectivity index (χ3v) is 3.07. The Morgan fingerprint density at radius 1 is 1.47 bits per heavy atom. The van der Waals surface area contributed by atoms with Crippen molar-refractivity contribution in [3.63, 3.8) is 0 Å². The minimum atomic E-state index is -0.685. The van der Waals surface area contributed by atoms with Crippen LogP contribution in [0.15, 0.2) is 12.1 Å². The van der Waals surface area contributed by atoms with Crippen LogP contribution in [0.1, 0.15) is 16.8 Å². The van der Waals surface area contributed by atoms with Crippen LogP contribution in [0.5, 0.6) is 0 Å². The van der Waals surface area contributed by atoms with Crippen molar-refractivity contribution in [1.82, 2.24) is 5.32 Å². The van der Waals surface area contributed by atoms with Crippen molar-refractivity contribution in [3.8, 4) is 0 Å². The molecule has 104 valence electrons. The molecule has 0 heterocycles. The molecule has 19 heavy (non-hydrogen) atoms. The van der Waals surface area contributed by atoms with E-state index in [0.717, 1.165) is 6.07 Å². The fourth-order valence-electron chi connectivity index (χ4n) is 1.36. The van der Waals surface area contributed by atoms with Gasteiger partial charge in [-0.1, -0.05) is 23.2 Å². The maximum Gasteiger partial charge on any atom is 0.290 e. The monoisotopic (exact) mass is 306 g/mol. The van der Waals surface area contributed by atoms with E-state index in [2.05, 4.69) is 5.32 Å². The number of nitrogens with zero attached hydrogens (tertiary/aromatic N) is 1. The summed E-state index contributed by atoms with van der Waals surface area (Å²) in [5.74, 6) is -0.447. The number of nitro groups is 1. The summed E-state index contributed by atoms with van der Waals surface area (Å²) in [6, 6.07) is 2.39. The van der Waals surface area contributed by atoms with Gasteiger partial charge < -0.3 is 10.1 Å². The number of halogens is 2. The van der Waals surface area contributed by atoms with Gasteiger partial charge in [-0.3, -0.25) is 14.9 Å². The first-order chi connectivity index (χ1) is 8.97. The first kappa shape index (κ1) is 15.7. The number of hydrogen-bond acceptors (Lipinski definition) is 4. The van der Waals surface area contributed by atoms with Crippen LogP contribution in [0.25, 0.3) is 0 Å². The van der Waals surface area contributed by atoms with Gasteiger partial charge in [-0.2, -0.15) is 0 Å². The van der Waals surface area contributed by atoms with Crippen LogP contribution in [-0.2, 0) is 4.74 Å². The molecule has 1 amide bonds. The third kappa shape index (κ3) is 4.34. The van der Waals surface area contributed by atoms with E-state index in [0.29, 0.717) is 19.6 Å². The fraction of sp³-hybridized carbons (Fsp3) is 0.364. The summed E-state index contributed by atoms with van der Waals surface area (Å²) in [6.07, 6.45) is 0.644. The molecule has 0 atom stereocenters. The Labute approximate surface area is 119 Å². The lowest BCUT2D eigenvalue weighted by molar-refractivity contribution is -0.384. The van der Waals surface area contributed by atoms with Gasteiger partial charge in [0.1, 0.15) is 5.02 Å². The van der Waals surface area contributed by atoms with Crippen molar-refractivity contribution in [2.24, 2.45) is 0 Å². The third-order valence-electron chi connectivity index (χ3n) is 2.28. The molecule has 0 aliphatic heterocycles. The Morgan fingerprint density at radius 3 is 2.74 bits per heavy atom. The number of ether oxygens (including phenoxy) is 1. The molecule has 0 spiro atoms. The van der Waals surface area contributed by atoms with Crippen LogP contribution in [0.3, 0.4) is 0 Å². The van der Waals surface area contributed by atoms with Gasteiger partial charge in [-0.15, -0.1) is 0 Å². The topological polar surface area (TPSA) is 81.5 Å². The van der Waals surface area contributed by atoms with E-state index in [-0.39, 0.29) is 15.6 Å². The quantitative estimate of drug-likeness (QED) is 0.497. The predicted molar refractivity (Wildman–Crippen MR) is 71.9 cm³/mol. The smallest absolute Gasteiger partial charge is 0.290 e. The van der Waals surface area contributed by atoms with Crippen molar-refractivity contribution in [1.29, 1.82) is 0 Å². The Kier molecular flexibility index (Phi) is 6.01. The minimum absolute atomic E-state index is 0.0297. The number of carbonyl (C=O) groups excluding carboxylic acids is 1. The van der Waals surface area contributed by atoms with E-state index in [1.807, 2.05) is 0 Å². The number of carbonyl (C=O) groups is 1. The lowest BCUT2D eigenvalue weighted by Crippen LogP contribution is -2.25. The van der Waals surface area contributed by atoms with Crippen LogP contribution < -0.4 is 5.32 Å². The predicted octanol–water partition coefficient (Wildman–Crippen LogP) is 2.67. The lowest BCUT2D eigenvalue weighted by Gasteiger charge is -2.06. The molecule has 0 radical (unpaired) electrons. The van der Waals surface area contributed by atoms with E-state index < -0.39 is 16.5 Å². The lowest BCUT2D eigenvalue weighted by atomic mass is 10.2. The average Bonchev–Trinajstić information content (AvgIpc) is 2.37. The highest BCUT2D eigenvalue weighted by atomic mass is 35.5. The van der Waals surface area contributed by atoms with Gasteiger partial charge in [0.25, 0.3) is 11.6 Å². The van der Waals surface area contributed by atoms with E-state index in [1.165, 1.54) is 6.07 Å². The zero-order valence-corrected chi connectivity index (χ0v) is 11.6. The first-order valence-corrected chi connectivity index (χ1v) is 6.13. The molecule has 0 aliphatic carbocycles. The maximum absolute atomic E-state index is 11.8. The standard InChI is InChI=1S/C11H12Cl2N2O4/c1-19-4-2-3-14-11(16)7-5-8(12)10(13)9(6-7)15(17)18/h5-6H,2-4H2,1H3,(H,14,16). The molecule has 0 saturated carbocycles. The highest BCUT2D eigenvalue weighted by Crippen LogP contribution is 2.32. The summed E-state index contributed by atoms with van der Waals surface area (Å²) in [4.78, 5) is 21.8. The van der Waals surface area contributed by atoms with E-state index >= 15 is 0 Å². The van der Waals surface area contributed by atoms with Gasteiger partial charge in [-0.25, -0.2) is 0 Å². The van der Waals surface area contributed by atoms with Gasteiger partial charge in [-0.05, 0) is 12.5 Å². The summed E-state index contributed by atoms with van der Waals surface area (Å²) in [7, 11) is 1.56. The van der Waals surface area contributed by atoms with Gasteiger partial charge in [0, 0.05) is 31.9 Å². The average molecular weight is 307 g/mol. The number of methoxy groups -OCH3 is 1. The van der Waals surface area contributed by atoms with Crippen molar-refractivity contribution < 1.29 is 14.5 Å². The largest absolute Gasteiger partial charge is 0.385 e. The number of rotatable bonds is 6. The van der Waals surface area contributed by atoms with Crippen molar-refractivity contribution in [2.75, 3.05) is 20.3 Å². The second-order valence-electron chi connectivity index (χ2n) is 3.65. The normalized spacial score (nSPS) is 10.3. The molecule has 1 rings (SSSR count). The highest BCUT2D eigenvalue weighted by molar-refractivity contribution is 6.43. The zero-order valence-electron chi connectivity index (χ0n) is 10.1. The summed E-state index contributed by atoms with van der Waals surface area (Å²) >= 11 is 11.4. The number of amides is 1. The van der Waals surface area contributed by atoms with Crippen LogP contribution in [-0.4, -0.2) is 31.1 Å². The number of nitrogens with one attached hydrogen (secondary N) is 1. The molecule has 1 aromatic rings. The SMILES string of the molecule is COCCCNC(=O)c1cc(Cl)c(Cl)c([N+](=O)[O-])c1. The highest BCUT2D eigenvalue weighted by Gasteiger charge is 2.19. The minimum Gasteiger partial charge on any atom is -0.385 e. The Balaban J connectivity index is 2.83. The molecule has 6 nitrogen and oxygen atoms in total. The van der Waals surface area contributed by atoms with Crippen LogP contribution in [0.4, 0.5) is 5.69 Å². The van der Waals surface area contributed by atoms with Crippen LogP contribution >= 0.6 is 23.2 Å². The molecular formula is C11H12Cl2N2O4. The molecule has 0 aromatic heterocycles. The number of nitro benzene ring substituents is 1. The van der Waals surface area contributed by atoms with Gasteiger partial charge in [0.2, 0.25) is 0 Å². The van der Waals surface area contributed by atoms with Crippen molar-refractivity contribution >= 4 is 34.8 Å². The summed E-state index contributed by atoms with van der Waals surface area (Å²) < 4.78 is 4.84. The van der Waals surface area contributed by atoms with Crippen molar-refractivity contribution in [3.05, 3.63) is 37.9 Å². The van der Waals surface area contributed by atoms with Crippen molar-refractivity contribution in [2.45, 2.75) is 6.42 Å². The second-order valence-corrected chi connectivity index (χ2v) is 4.44. The van der Waals surface area contributed by atoms with Gasteiger partial charge >= 0.3 is 0 Å². The molecule has 1 N–H and O–H groups in total. The Morgan fingerprint density at radius 2 is 2.16 bits per heavy atom. The number of benzene rings is 1. The van der Waals surface area contributed by atoms with E-state index in [1.54, 1.807) is 7.11 Å². The zero-order chi connectivity index (χ0) is 14.4. The molecule has 1 aromatic carbocycles. The second kappa shape index (κ2) is 7.28. The molecular weight excluding hydrogens is 295 g/mol. The van der Waals surface area contributed by atoms with Crippen LogP contribution in [0.2, 0.25) is 10.0 Å². The van der Waals surface area contributed by atoms with Crippen LogP contribution in [0, 0.1) is 10.1 Å². The Bertz CT molecular complexity index is 494. The fourth-order valence-corrected chi connectivity index (χ4v) is 1.75. The van der Waals surface area contributed by atoms with Gasteiger partial charge in [0.15, 0.2) is 0 Å². The molecule has 8 heteroatoms. The molecule has 0 unspecified atom stereocenters. The molecule has 0 saturated heterocycles. The number of hydrogen-bond donors (Lipinski definition) is 1. The Hall–Kier alpha value is -1.37. The summed E-state index contributed by atoms with van der Waals surface area (Å²) in [5, 5.41) is 13.2. The van der Waals surface area contributed by atoms with Gasteiger partial charge in [0.05, 0.1) is 9.95 Å². The first-order valence-electron chi connectivity index (χ1n) is 5.38. The summed E-state index contributed by atoms with van der Waals surface area (Å²) in [5.41, 5.74) is -0.297. The van der Waals surface area contributed by atoms with E-state index in [4.69, 9.17) is 27.9 Å². The molecule has 0 bridgehead atoms. The molecule has 0 fully saturated rings.